The second-order valence-corrected chi connectivity index (χ2v) is 5.17. The molecule has 0 radical (unpaired) electrons. The number of nitrogens with one attached hydrogen (secondary N) is 1. The zero-order chi connectivity index (χ0) is 13.7. The molecule has 4 heteroatoms. The number of rotatable bonds is 5. The van der Waals surface area contributed by atoms with E-state index in [1.807, 2.05) is 18.2 Å². The van der Waals surface area contributed by atoms with Gasteiger partial charge in [-0.3, -0.25) is 4.79 Å². The third-order valence-corrected chi connectivity index (χ3v) is 3.75. The predicted molar refractivity (Wildman–Crippen MR) is 74.8 cm³/mol. The zero-order valence-electron chi connectivity index (χ0n) is 11.1. The van der Waals surface area contributed by atoms with Crippen molar-refractivity contribution in [1.82, 2.24) is 5.32 Å². The van der Waals surface area contributed by atoms with Crippen LogP contribution in [0.25, 0.3) is 0 Å². The molecule has 1 saturated heterocycles. The fraction of sp³-hybridized carbons (Fsp3) is 0.533. The Balaban J connectivity index is 2.12. The van der Waals surface area contributed by atoms with Crippen LogP contribution in [0.1, 0.15) is 55.3 Å². The lowest BCUT2D eigenvalue weighted by Gasteiger charge is -2.27. The Hall–Kier alpha value is -1.39. The first kappa shape index (κ1) is 14.0. The van der Waals surface area contributed by atoms with Crippen LogP contribution in [0.15, 0.2) is 24.3 Å². The number of benzene rings is 1. The first-order valence-electron chi connectivity index (χ1n) is 6.98. The van der Waals surface area contributed by atoms with E-state index in [0.29, 0.717) is 12.5 Å². The van der Waals surface area contributed by atoms with E-state index in [1.165, 1.54) is 18.4 Å². The highest BCUT2D eigenvalue weighted by Gasteiger charge is 2.20. The average Bonchev–Trinajstić information content (AvgIpc) is 2.45. The molecule has 1 aliphatic rings. The van der Waals surface area contributed by atoms with Gasteiger partial charge in [-0.1, -0.05) is 30.7 Å². The Morgan fingerprint density at radius 3 is 2.89 bits per heavy atom. The van der Waals surface area contributed by atoms with Crippen LogP contribution in [0, 0.1) is 0 Å². The van der Waals surface area contributed by atoms with Crippen molar-refractivity contribution >= 4 is 5.97 Å². The Morgan fingerprint density at radius 1 is 1.42 bits per heavy atom. The van der Waals surface area contributed by atoms with E-state index in [1.54, 1.807) is 0 Å². The third-order valence-electron chi connectivity index (χ3n) is 3.75. The Kier molecular flexibility index (Phi) is 4.93. The molecule has 2 atom stereocenters. The number of nitrogens with two attached hydrogens (primary N) is 1. The minimum atomic E-state index is -0.788. The van der Waals surface area contributed by atoms with Crippen LogP contribution >= 0.6 is 0 Å². The van der Waals surface area contributed by atoms with Crippen molar-refractivity contribution in [3.05, 3.63) is 35.4 Å². The van der Waals surface area contributed by atoms with E-state index in [2.05, 4.69) is 11.4 Å². The number of hydrogen-bond acceptors (Lipinski definition) is 3. The SMILES string of the molecule is N[C@H](CCC(=O)O)c1ccccc1C1CCCCN1. The summed E-state index contributed by atoms with van der Waals surface area (Å²) < 4.78 is 0. The van der Waals surface area contributed by atoms with Crippen molar-refractivity contribution < 1.29 is 9.90 Å². The lowest BCUT2D eigenvalue weighted by molar-refractivity contribution is -0.137. The Bertz CT molecular complexity index is 428. The van der Waals surface area contributed by atoms with Crippen molar-refractivity contribution in [3.8, 4) is 0 Å². The molecule has 1 aromatic rings. The number of piperidine rings is 1. The van der Waals surface area contributed by atoms with Gasteiger partial charge < -0.3 is 16.2 Å². The number of carbonyl (C=O) groups is 1. The number of carboxylic acid groups (broad SMARTS) is 1. The number of aliphatic carboxylic acids is 1. The predicted octanol–water partition coefficient (Wildman–Crippen LogP) is 2.37. The largest absolute Gasteiger partial charge is 0.481 e. The van der Waals surface area contributed by atoms with Gasteiger partial charge in [0.05, 0.1) is 0 Å². The molecule has 2 rings (SSSR count). The van der Waals surface area contributed by atoms with Crippen molar-refractivity contribution in [2.45, 2.75) is 44.2 Å². The third kappa shape index (κ3) is 3.78. The molecule has 19 heavy (non-hydrogen) atoms. The highest BCUT2D eigenvalue weighted by molar-refractivity contribution is 5.66. The van der Waals surface area contributed by atoms with Gasteiger partial charge in [0.2, 0.25) is 0 Å². The van der Waals surface area contributed by atoms with Crippen molar-refractivity contribution in [3.63, 3.8) is 0 Å². The lowest BCUT2D eigenvalue weighted by atomic mass is 9.89. The van der Waals surface area contributed by atoms with Crippen LogP contribution in [0.3, 0.4) is 0 Å². The summed E-state index contributed by atoms with van der Waals surface area (Å²) in [5, 5.41) is 12.3. The fourth-order valence-electron chi connectivity index (χ4n) is 2.72. The molecule has 4 nitrogen and oxygen atoms in total. The molecule has 1 aromatic carbocycles. The highest BCUT2D eigenvalue weighted by atomic mass is 16.4. The zero-order valence-corrected chi connectivity index (χ0v) is 11.1. The molecule has 0 aliphatic carbocycles. The van der Waals surface area contributed by atoms with Crippen molar-refractivity contribution in [2.24, 2.45) is 5.73 Å². The molecule has 0 amide bonds. The van der Waals surface area contributed by atoms with E-state index in [-0.39, 0.29) is 12.5 Å². The highest BCUT2D eigenvalue weighted by Crippen LogP contribution is 2.29. The normalized spacial score (nSPS) is 21.0. The van der Waals surface area contributed by atoms with Gasteiger partial charge in [0.25, 0.3) is 0 Å². The Morgan fingerprint density at radius 2 is 2.21 bits per heavy atom. The summed E-state index contributed by atoms with van der Waals surface area (Å²) in [6, 6.07) is 8.30. The molecule has 0 aromatic heterocycles. The molecule has 0 saturated carbocycles. The minimum Gasteiger partial charge on any atom is -0.481 e. The number of hydrogen-bond donors (Lipinski definition) is 3. The number of carboxylic acids is 1. The topological polar surface area (TPSA) is 75.4 Å². The van der Waals surface area contributed by atoms with E-state index in [4.69, 9.17) is 10.8 Å². The molecule has 0 spiro atoms. The molecular formula is C15H22N2O2. The first-order valence-corrected chi connectivity index (χ1v) is 6.98. The molecule has 1 unspecified atom stereocenters. The molecule has 1 aliphatic heterocycles. The van der Waals surface area contributed by atoms with Gasteiger partial charge in [-0.15, -0.1) is 0 Å². The Labute approximate surface area is 114 Å². The van der Waals surface area contributed by atoms with Gasteiger partial charge in [0.1, 0.15) is 0 Å². The summed E-state index contributed by atoms with van der Waals surface area (Å²) in [5.74, 6) is -0.788. The summed E-state index contributed by atoms with van der Waals surface area (Å²) in [6.07, 6.45) is 4.19. The lowest BCUT2D eigenvalue weighted by Crippen LogP contribution is -2.28. The summed E-state index contributed by atoms with van der Waals surface area (Å²) in [7, 11) is 0. The van der Waals surface area contributed by atoms with Gasteiger partial charge in [0.15, 0.2) is 0 Å². The van der Waals surface area contributed by atoms with E-state index < -0.39 is 5.97 Å². The van der Waals surface area contributed by atoms with Gasteiger partial charge in [-0.25, -0.2) is 0 Å². The summed E-state index contributed by atoms with van der Waals surface area (Å²) in [4.78, 5) is 10.7. The fourth-order valence-corrected chi connectivity index (χ4v) is 2.72. The van der Waals surface area contributed by atoms with Gasteiger partial charge in [-0.05, 0) is 36.9 Å². The standard InChI is InChI=1S/C15H22N2O2/c16-13(8-9-15(18)19)11-5-1-2-6-12(11)14-7-3-4-10-17-14/h1-2,5-6,13-14,17H,3-4,7-10,16H2,(H,18,19)/t13-,14?/m1/s1. The maximum absolute atomic E-state index is 10.7. The van der Waals surface area contributed by atoms with Crippen molar-refractivity contribution in [1.29, 1.82) is 0 Å². The molecule has 104 valence electrons. The maximum atomic E-state index is 10.7. The van der Waals surface area contributed by atoms with Gasteiger partial charge in [0, 0.05) is 18.5 Å². The molecule has 0 bridgehead atoms. The van der Waals surface area contributed by atoms with Crippen LogP contribution in [-0.2, 0) is 4.79 Å². The van der Waals surface area contributed by atoms with Crippen molar-refractivity contribution in [2.75, 3.05) is 6.54 Å². The van der Waals surface area contributed by atoms with E-state index in [9.17, 15) is 4.79 Å². The molecule has 1 heterocycles. The molecular weight excluding hydrogens is 240 g/mol. The van der Waals surface area contributed by atoms with Crippen LogP contribution in [0.4, 0.5) is 0 Å². The maximum Gasteiger partial charge on any atom is 0.303 e. The van der Waals surface area contributed by atoms with Gasteiger partial charge in [-0.2, -0.15) is 0 Å². The van der Waals surface area contributed by atoms with Crippen LogP contribution in [0.2, 0.25) is 0 Å². The van der Waals surface area contributed by atoms with E-state index >= 15 is 0 Å². The molecule has 1 fully saturated rings. The van der Waals surface area contributed by atoms with E-state index in [0.717, 1.165) is 18.5 Å². The van der Waals surface area contributed by atoms with Crippen LogP contribution in [-0.4, -0.2) is 17.6 Å². The van der Waals surface area contributed by atoms with Gasteiger partial charge >= 0.3 is 5.97 Å². The monoisotopic (exact) mass is 262 g/mol. The average molecular weight is 262 g/mol. The summed E-state index contributed by atoms with van der Waals surface area (Å²) >= 11 is 0. The second-order valence-electron chi connectivity index (χ2n) is 5.17. The van der Waals surface area contributed by atoms with Crippen LogP contribution in [0.5, 0.6) is 0 Å². The quantitative estimate of drug-likeness (QED) is 0.761. The minimum absolute atomic E-state index is 0.119. The molecule has 4 N–H and O–H groups in total. The van der Waals surface area contributed by atoms with Crippen LogP contribution < -0.4 is 11.1 Å². The second kappa shape index (κ2) is 6.68. The smallest absolute Gasteiger partial charge is 0.303 e. The summed E-state index contributed by atoms with van der Waals surface area (Å²) in [5.41, 5.74) is 8.48. The summed E-state index contributed by atoms with van der Waals surface area (Å²) in [6.45, 7) is 1.05. The first-order chi connectivity index (χ1) is 9.18.